The molecule has 9 heteroatoms. The molecule has 0 radical (unpaired) electrons. The van der Waals surface area contributed by atoms with Gasteiger partial charge < -0.3 is 20.0 Å². The lowest BCUT2D eigenvalue weighted by Gasteiger charge is -2.08. The van der Waals surface area contributed by atoms with Crippen LogP contribution in [-0.4, -0.2) is 27.6 Å². The van der Waals surface area contributed by atoms with E-state index in [0.717, 1.165) is 16.5 Å². The van der Waals surface area contributed by atoms with Crippen molar-refractivity contribution in [2.24, 2.45) is 0 Å². The van der Waals surface area contributed by atoms with Gasteiger partial charge in [-0.05, 0) is 48.1 Å². The number of carbonyl (C=O) groups is 1. The zero-order chi connectivity index (χ0) is 20.5. The highest BCUT2D eigenvalue weighted by Crippen LogP contribution is 2.25. The van der Waals surface area contributed by atoms with Gasteiger partial charge in [-0.1, -0.05) is 23.7 Å². The molecule has 4 rings (SSSR count). The zero-order valence-corrected chi connectivity index (χ0v) is 17.0. The Morgan fingerprint density at radius 1 is 1.17 bits per heavy atom. The molecule has 2 aromatic heterocycles. The standard InChI is InChI=1S/C20H17ClN4O3S/c1-28-13-6-7-15-14(8-13)17-18(23-15)19(27)25(20(29)24-17)10-16(26)22-9-11-2-4-12(21)5-3-11/h2-8,23H,9-10H2,1H3,(H,22,26)(H,24,29). The van der Waals surface area contributed by atoms with E-state index in [9.17, 15) is 9.59 Å². The van der Waals surface area contributed by atoms with Crippen molar-refractivity contribution in [1.29, 1.82) is 0 Å². The Morgan fingerprint density at radius 3 is 2.66 bits per heavy atom. The molecule has 0 atom stereocenters. The Morgan fingerprint density at radius 2 is 1.93 bits per heavy atom. The molecular weight excluding hydrogens is 412 g/mol. The summed E-state index contributed by atoms with van der Waals surface area (Å²) in [6.07, 6.45) is 0. The first-order valence-corrected chi connectivity index (χ1v) is 9.58. The molecule has 3 N–H and O–H groups in total. The second kappa shape index (κ2) is 7.73. The maximum absolute atomic E-state index is 12.9. The number of amides is 1. The minimum Gasteiger partial charge on any atom is -0.497 e. The molecule has 2 aromatic carbocycles. The molecule has 0 aliphatic heterocycles. The summed E-state index contributed by atoms with van der Waals surface area (Å²) in [6.45, 7) is 0.145. The van der Waals surface area contributed by atoms with Gasteiger partial charge in [-0.2, -0.15) is 0 Å². The molecule has 0 saturated heterocycles. The van der Waals surface area contributed by atoms with Gasteiger partial charge in [-0.3, -0.25) is 14.2 Å². The SMILES string of the molecule is COc1ccc2[nH]c3c(=O)n(CC(=O)NCc4ccc(Cl)cc4)c(=S)[nH]c3c2c1. The number of hydrogen-bond acceptors (Lipinski definition) is 4. The number of H-pyrrole nitrogens is 2. The number of hydrogen-bond donors (Lipinski definition) is 3. The number of methoxy groups -OCH3 is 1. The molecule has 0 saturated carbocycles. The Hall–Kier alpha value is -3.10. The van der Waals surface area contributed by atoms with Crippen LogP contribution in [0, 0.1) is 4.77 Å². The van der Waals surface area contributed by atoms with Gasteiger partial charge >= 0.3 is 0 Å². The molecule has 0 aliphatic rings. The van der Waals surface area contributed by atoms with Crippen LogP contribution in [0.2, 0.25) is 5.02 Å². The summed E-state index contributed by atoms with van der Waals surface area (Å²) >= 11 is 11.2. The Bertz CT molecular complexity index is 1340. The highest BCUT2D eigenvalue weighted by Gasteiger charge is 2.14. The van der Waals surface area contributed by atoms with E-state index in [2.05, 4.69) is 15.3 Å². The normalized spacial score (nSPS) is 11.1. The predicted molar refractivity (Wildman–Crippen MR) is 115 cm³/mol. The molecular formula is C20H17ClN4O3S. The van der Waals surface area contributed by atoms with Gasteiger partial charge in [0.25, 0.3) is 5.56 Å². The number of rotatable bonds is 5. The first kappa shape index (κ1) is 19.2. The van der Waals surface area contributed by atoms with Gasteiger partial charge in [-0.15, -0.1) is 0 Å². The van der Waals surface area contributed by atoms with Gasteiger partial charge in [-0.25, -0.2) is 0 Å². The van der Waals surface area contributed by atoms with Crippen molar-refractivity contribution in [3.63, 3.8) is 0 Å². The summed E-state index contributed by atoms with van der Waals surface area (Å²) in [7, 11) is 1.58. The molecule has 0 spiro atoms. The lowest BCUT2D eigenvalue weighted by Crippen LogP contribution is -2.33. The van der Waals surface area contributed by atoms with Crippen molar-refractivity contribution in [3.8, 4) is 5.75 Å². The lowest BCUT2D eigenvalue weighted by atomic mass is 10.2. The molecule has 2 heterocycles. The van der Waals surface area contributed by atoms with E-state index in [0.29, 0.717) is 28.4 Å². The van der Waals surface area contributed by atoms with Crippen LogP contribution >= 0.6 is 23.8 Å². The molecule has 4 aromatic rings. The fourth-order valence-corrected chi connectivity index (χ4v) is 3.51. The Labute approximate surface area is 175 Å². The molecule has 7 nitrogen and oxygen atoms in total. The van der Waals surface area contributed by atoms with E-state index in [1.54, 1.807) is 25.3 Å². The van der Waals surface area contributed by atoms with Crippen LogP contribution in [0.3, 0.4) is 0 Å². The maximum atomic E-state index is 12.9. The number of halogens is 1. The topological polar surface area (TPSA) is 91.9 Å². The first-order chi connectivity index (χ1) is 14.0. The summed E-state index contributed by atoms with van der Waals surface area (Å²) in [4.78, 5) is 31.5. The number of nitrogens with zero attached hydrogens (tertiary/aromatic N) is 1. The van der Waals surface area contributed by atoms with E-state index in [1.165, 1.54) is 4.57 Å². The van der Waals surface area contributed by atoms with Crippen LogP contribution in [0.1, 0.15) is 5.56 Å². The van der Waals surface area contributed by atoms with Gasteiger partial charge in [0, 0.05) is 22.5 Å². The molecule has 0 unspecified atom stereocenters. The van der Waals surface area contributed by atoms with E-state index in [-0.39, 0.29) is 22.8 Å². The highest BCUT2D eigenvalue weighted by atomic mass is 35.5. The maximum Gasteiger partial charge on any atom is 0.279 e. The number of benzene rings is 2. The van der Waals surface area contributed by atoms with Crippen molar-refractivity contribution < 1.29 is 9.53 Å². The van der Waals surface area contributed by atoms with E-state index < -0.39 is 0 Å². The summed E-state index contributed by atoms with van der Waals surface area (Å²) in [5, 5.41) is 4.20. The van der Waals surface area contributed by atoms with Crippen LogP contribution in [0.4, 0.5) is 0 Å². The third kappa shape index (κ3) is 3.76. The minimum atomic E-state index is -0.361. The molecule has 0 bridgehead atoms. The van der Waals surface area contributed by atoms with Crippen LogP contribution in [-0.2, 0) is 17.9 Å². The fourth-order valence-electron chi connectivity index (χ4n) is 3.14. The lowest BCUT2D eigenvalue weighted by molar-refractivity contribution is -0.121. The Kier molecular flexibility index (Phi) is 5.12. The van der Waals surface area contributed by atoms with E-state index in [4.69, 9.17) is 28.6 Å². The minimum absolute atomic E-state index is 0.174. The molecule has 148 valence electrons. The number of fused-ring (bicyclic) bond motifs is 3. The average Bonchev–Trinajstić information content (AvgIpc) is 3.08. The third-order valence-electron chi connectivity index (χ3n) is 4.65. The smallest absolute Gasteiger partial charge is 0.279 e. The average molecular weight is 429 g/mol. The molecule has 0 fully saturated rings. The second-order valence-electron chi connectivity index (χ2n) is 6.51. The third-order valence-corrected chi connectivity index (χ3v) is 5.22. The van der Waals surface area contributed by atoms with Crippen LogP contribution < -0.4 is 15.6 Å². The quantitative estimate of drug-likeness (QED) is 0.424. The Balaban J connectivity index is 1.62. The highest BCUT2D eigenvalue weighted by molar-refractivity contribution is 7.71. The molecule has 0 aliphatic carbocycles. The van der Waals surface area contributed by atoms with Gasteiger partial charge in [0.2, 0.25) is 5.91 Å². The zero-order valence-electron chi connectivity index (χ0n) is 15.4. The van der Waals surface area contributed by atoms with Crippen molar-refractivity contribution in [1.82, 2.24) is 19.9 Å². The van der Waals surface area contributed by atoms with E-state index >= 15 is 0 Å². The van der Waals surface area contributed by atoms with E-state index in [1.807, 2.05) is 24.3 Å². The number of ether oxygens (including phenoxy) is 1. The summed E-state index contributed by atoms with van der Waals surface area (Å²) < 4.78 is 6.66. The molecule has 29 heavy (non-hydrogen) atoms. The van der Waals surface area contributed by atoms with Gasteiger partial charge in [0.15, 0.2) is 4.77 Å². The van der Waals surface area contributed by atoms with Crippen LogP contribution in [0.5, 0.6) is 5.75 Å². The molecule has 1 amide bonds. The van der Waals surface area contributed by atoms with Gasteiger partial charge in [0.05, 0.1) is 12.6 Å². The number of aromatic nitrogens is 3. The van der Waals surface area contributed by atoms with Crippen molar-refractivity contribution >= 4 is 51.7 Å². The number of aromatic amines is 2. The van der Waals surface area contributed by atoms with Crippen molar-refractivity contribution in [2.75, 3.05) is 7.11 Å². The fraction of sp³-hybridized carbons (Fsp3) is 0.150. The van der Waals surface area contributed by atoms with Crippen LogP contribution in [0.15, 0.2) is 47.3 Å². The summed E-state index contributed by atoms with van der Waals surface area (Å²) in [6, 6.07) is 12.6. The van der Waals surface area contributed by atoms with Crippen molar-refractivity contribution in [3.05, 3.63) is 68.2 Å². The second-order valence-corrected chi connectivity index (χ2v) is 7.33. The monoisotopic (exact) mass is 428 g/mol. The number of nitrogens with one attached hydrogen (secondary N) is 3. The summed E-state index contributed by atoms with van der Waals surface area (Å²) in [5.41, 5.74) is 2.26. The predicted octanol–water partition coefficient (Wildman–Crippen LogP) is 3.52. The van der Waals surface area contributed by atoms with Crippen LogP contribution in [0.25, 0.3) is 21.9 Å². The number of carbonyl (C=O) groups excluding carboxylic acids is 1. The van der Waals surface area contributed by atoms with Gasteiger partial charge in [0.1, 0.15) is 17.8 Å². The summed E-state index contributed by atoms with van der Waals surface area (Å²) in [5.74, 6) is 0.349. The largest absolute Gasteiger partial charge is 0.497 e. The first-order valence-electron chi connectivity index (χ1n) is 8.80. The van der Waals surface area contributed by atoms with Crippen molar-refractivity contribution in [2.45, 2.75) is 13.1 Å².